The van der Waals surface area contributed by atoms with Crippen molar-refractivity contribution in [3.05, 3.63) is 90.4 Å². The highest BCUT2D eigenvalue weighted by molar-refractivity contribution is 7.90. The molecular weight excluding hydrogens is 427 g/mol. The van der Waals surface area contributed by atoms with Gasteiger partial charge in [0.1, 0.15) is 10.7 Å². The average molecular weight is 451 g/mol. The molecule has 0 bridgehead atoms. The third kappa shape index (κ3) is 3.98. The predicted octanol–water partition coefficient (Wildman–Crippen LogP) is 4.08. The molecule has 6 nitrogen and oxygen atoms in total. The summed E-state index contributed by atoms with van der Waals surface area (Å²) >= 11 is 0. The first-order valence-corrected chi connectivity index (χ1v) is 11.4. The molecule has 0 unspecified atom stereocenters. The Kier molecular flexibility index (Phi) is 5.73. The number of hydrogen-bond donors (Lipinski definition) is 3. The second kappa shape index (κ2) is 8.49. The lowest BCUT2D eigenvalue weighted by atomic mass is 10.1. The highest BCUT2D eigenvalue weighted by Gasteiger charge is 2.25. The van der Waals surface area contributed by atoms with Gasteiger partial charge >= 0.3 is 0 Å². The number of nitrogen functional groups attached to an aromatic ring is 2. The first-order valence-electron chi connectivity index (χ1n) is 9.93. The molecule has 3 aromatic carbocycles. The Labute approximate surface area is 186 Å². The molecule has 0 amide bonds. The number of nitrogens with zero attached hydrogens (tertiary/aromatic N) is 1. The Morgan fingerprint density at radius 2 is 1.62 bits per heavy atom. The van der Waals surface area contributed by atoms with Crippen LogP contribution >= 0.6 is 0 Å². The number of nitrogens with two attached hydrogens (primary N) is 2. The maximum Gasteiger partial charge on any atom is 0.270 e. The third-order valence-electron chi connectivity index (χ3n) is 5.17. The van der Waals surface area contributed by atoms with E-state index in [-0.39, 0.29) is 21.8 Å². The fourth-order valence-corrected chi connectivity index (χ4v) is 5.12. The van der Waals surface area contributed by atoms with Gasteiger partial charge < -0.3 is 16.8 Å². The normalized spacial score (nSPS) is 11.6. The van der Waals surface area contributed by atoms with Crippen LogP contribution in [0.1, 0.15) is 5.56 Å². The van der Waals surface area contributed by atoms with Crippen molar-refractivity contribution in [1.82, 2.24) is 9.29 Å². The van der Waals surface area contributed by atoms with E-state index in [0.717, 1.165) is 9.54 Å². The summed E-state index contributed by atoms with van der Waals surface area (Å²) in [5.41, 5.74) is 15.2. The summed E-state index contributed by atoms with van der Waals surface area (Å²) in [5, 5.41) is 2.99. The lowest BCUT2D eigenvalue weighted by Gasteiger charge is -2.14. The molecule has 4 aromatic rings. The quantitative estimate of drug-likeness (QED) is 0.384. The highest BCUT2D eigenvalue weighted by Crippen LogP contribution is 2.33. The number of benzene rings is 3. The Balaban J connectivity index is 1.90. The van der Waals surface area contributed by atoms with Crippen molar-refractivity contribution in [3.8, 4) is 22.4 Å². The topological polar surface area (TPSA) is 103 Å². The van der Waals surface area contributed by atoms with E-state index in [1.807, 2.05) is 12.1 Å². The molecule has 0 spiro atoms. The standard InChI is InChI=1S/C24H23FN4O2S/c1-28-14-16-12-23(20-4-2-3-5-21(20)25)29(15-16)32(30,31)24-13-18(8-11-22(24)27)17-6-9-19(26)10-7-17/h2-13,15,28H,14,26-27H2,1H3. The van der Waals surface area contributed by atoms with Crippen LogP contribution in [0, 0.1) is 5.82 Å². The van der Waals surface area contributed by atoms with Crippen LogP contribution in [0.4, 0.5) is 15.8 Å². The van der Waals surface area contributed by atoms with Crippen LogP contribution < -0.4 is 16.8 Å². The van der Waals surface area contributed by atoms with Gasteiger partial charge in [-0.05, 0) is 66.2 Å². The Bertz CT molecular complexity index is 1380. The molecule has 0 saturated carbocycles. The smallest absolute Gasteiger partial charge is 0.270 e. The van der Waals surface area contributed by atoms with Gasteiger partial charge in [-0.25, -0.2) is 16.8 Å². The maximum absolute atomic E-state index is 14.6. The Morgan fingerprint density at radius 1 is 0.938 bits per heavy atom. The van der Waals surface area contributed by atoms with Crippen LogP contribution in [0.2, 0.25) is 0 Å². The van der Waals surface area contributed by atoms with Gasteiger partial charge in [0.25, 0.3) is 10.0 Å². The van der Waals surface area contributed by atoms with Gasteiger partial charge in [-0.2, -0.15) is 0 Å². The second-order valence-corrected chi connectivity index (χ2v) is 9.20. The minimum atomic E-state index is -4.13. The van der Waals surface area contributed by atoms with Gasteiger partial charge in [0.2, 0.25) is 0 Å². The molecule has 0 aliphatic rings. The van der Waals surface area contributed by atoms with Crippen LogP contribution in [0.3, 0.4) is 0 Å². The molecule has 0 aliphatic carbocycles. The van der Waals surface area contributed by atoms with Crippen molar-refractivity contribution in [2.45, 2.75) is 11.4 Å². The molecule has 0 radical (unpaired) electrons. The molecule has 1 aromatic heterocycles. The molecule has 1 heterocycles. The van der Waals surface area contributed by atoms with Crippen LogP contribution in [-0.4, -0.2) is 19.4 Å². The second-order valence-electron chi connectivity index (χ2n) is 7.42. The number of nitrogens with one attached hydrogen (secondary N) is 1. The lowest BCUT2D eigenvalue weighted by Crippen LogP contribution is -2.15. The predicted molar refractivity (Wildman–Crippen MR) is 126 cm³/mol. The first-order chi connectivity index (χ1) is 15.3. The summed E-state index contributed by atoms with van der Waals surface area (Å²) < 4.78 is 43.1. The molecule has 0 saturated heterocycles. The maximum atomic E-state index is 14.6. The van der Waals surface area contributed by atoms with E-state index in [4.69, 9.17) is 11.5 Å². The average Bonchev–Trinajstić information content (AvgIpc) is 3.20. The molecule has 32 heavy (non-hydrogen) atoms. The number of halogens is 1. The summed E-state index contributed by atoms with van der Waals surface area (Å²) in [7, 11) is -2.38. The zero-order valence-corrected chi connectivity index (χ0v) is 18.2. The van der Waals surface area contributed by atoms with Crippen LogP contribution in [0.15, 0.2) is 83.9 Å². The highest BCUT2D eigenvalue weighted by atomic mass is 32.2. The van der Waals surface area contributed by atoms with E-state index in [0.29, 0.717) is 23.4 Å². The van der Waals surface area contributed by atoms with Gasteiger partial charge in [-0.3, -0.25) is 0 Å². The van der Waals surface area contributed by atoms with Gasteiger partial charge in [0.05, 0.1) is 11.4 Å². The number of hydrogen-bond acceptors (Lipinski definition) is 5. The van der Waals surface area contributed by atoms with E-state index < -0.39 is 15.8 Å². The van der Waals surface area contributed by atoms with Crippen molar-refractivity contribution < 1.29 is 12.8 Å². The van der Waals surface area contributed by atoms with Gasteiger partial charge in [0.15, 0.2) is 0 Å². The van der Waals surface area contributed by atoms with E-state index in [9.17, 15) is 12.8 Å². The van der Waals surface area contributed by atoms with Gasteiger partial charge in [-0.15, -0.1) is 0 Å². The van der Waals surface area contributed by atoms with Gasteiger partial charge in [-0.1, -0.05) is 30.3 Å². The van der Waals surface area contributed by atoms with Crippen LogP contribution in [0.5, 0.6) is 0 Å². The summed E-state index contributed by atoms with van der Waals surface area (Å²) in [6, 6.07) is 19.7. The molecule has 0 atom stereocenters. The van der Waals surface area contributed by atoms with Crippen molar-refractivity contribution in [2.75, 3.05) is 18.5 Å². The van der Waals surface area contributed by atoms with E-state index in [1.165, 1.54) is 18.3 Å². The van der Waals surface area contributed by atoms with Crippen molar-refractivity contribution in [3.63, 3.8) is 0 Å². The molecular formula is C24H23FN4O2S. The van der Waals surface area contributed by atoms with Crippen molar-refractivity contribution >= 4 is 21.4 Å². The van der Waals surface area contributed by atoms with Crippen molar-refractivity contribution in [2.24, 2.45) is 0 Å². The van der Waals surface area contributed by atoms with Gasteiger partial charge in [0, 0.05) is 24.0 Å². The minimum Gasteiger partial charge on any atom is -0.399 e. The summed E-state index contributed by atoms with van der Waals surface area (Å²) in [6.45, 7) is 0.422. The van der Waals surface area contributed by atoms with E-state index in [2.05, 4.69) is 5.32 Å². The summed E-state index contributed by atoms with van der Waals surface area (Å²) in [5.74, 6) is -0.512. The number of aromatic nitrogens is 1. The lowest BCUT2D eigenvalue weighted by molar-refractivity contribution is 0.588. The SMILES string of the molecule is CNCc1cc(-c2ccccc2F)n(S(=O)(=O)c2cc(-c3ccc(N)cc3)ccc2N)c1. The van der Waals surface area contributed by atoms with Crippen molar-refractivity contribution in [1.29, 1.82) is 0 Å². The fraction of sp³-hybridized carbons (Fsp3) is 0.0833. The fourth-order valence-electron chi connectivity index (χ4n) is 3.58. The summed E-state index contributed by atoms with van der Waals surface area (Å²) in [6.07, 6.45) is 1.49. The molecule has 5 N–H and O–H groups in total. The Morgan fingerprint density at radius 3 is 2.31 bits per heavy atom. The molecule has 0 aliphatic heterocycles. The third-order valence-corrected chi connectivity index (χ3v) is 6.90. The molecule has 0 fully saturated rings. The zero-order chi connectivity index (χ0) is 22.9. The van der Waals surface area contributed by atoms with E-state index >= 15 is 0 Å². The van der Waals surface area contributed by atoms with E-state index in [1.54, 1.807) is 55.6 Å². The molecule has 8 heteroatoms. The monoisotopic (exact) mass is 450 g/mol. The largest absolute Gasteiger partial charge is 0.399 e. The minimum absolute atomic E-state index is 0.0592. The number of rotatable bonds is 6. The van der Waals surface area contributed by atoms with Crippen LogP contribution in [-0.2, 0) is 16.6 Å². The zero-order valence-electron chi connectivity index (χ0n) is 17.4. The summed E-state index contributed by atoms with van der Waals surface area (Å²) in [4.78, 5) is -0.0592. The first kappa shape index (κ1) is 21.6. The molecule has 164 valence electrons. The number of anilines is 2. The molecule has 4 rings (SSSR count). The Hall–Kier alpha value is -3.62. The van der Waals surface area contributed by atoms with Crippen LogP contribution in [0.25, 0.3) is 22.4 Å².